The van der Waals surface area contributed by atoms with E-state index in [1.54, 1.807) is 0 Å². The molecule has 0 unspecified atom stereocenters. The molecule has 0 rings (SSSR count). The summed E-state index contributed by atoms with van der Waals surface area (Å²) >= 11 is 0. The zero-order valence-electron chi connectivity index (χ0n) is 8.12. The zero-order chi connectivity index (χ0) is 10.5. The first-order chi connectivity index (χ1) is 6.27. The highest BCUT2D eigenvalue weighted by atomic mass is 33.1. The van der Waals surface area contributed by atoms with Crippen molar-refractivity contribution in [3.05, 3.63) is 0 Å². The molecule has 2 amide bonds. The highest BCUT2D eigenvalue weighted by molar-refractivity contribution is 8.76. The first-order valence-electron chi connectivity index (χ1n) is 3.93. The van der Waals surface area contributed by atoms with Crippen LogP contribution < -0.4 is 10.6 Å². The number of amides is 2. The fourth-order valence-electron chi connectivity index (χ4n) is 0.282. The molecule has 0 fully saturated rings. The fourth-order valence-corrected chi connectivity index (χ4v) is 1.73. The van der Waals surface area contributed by atoms with Crippen LogP contribution in [0, 0.1) is 0 Å². The Morgan fingerprint density at radius 2 is 1.85 bits per heavy atom. The molecule has 13 heavy (non-hydrogen) atoms. The van der Waals surface area contributed by atoms with Crippen LogP contribution in [0.15, 0.2) is 0 Å². The molecule has 0 aliphatic heterocycles. The van der Waals surface area contributed by atoms with Crippen LogP contribution in [-0.4, -0.2) is 24.1 Å². The maximum absolute atomic E-state index is 10.3. The van der Waals surface area contributed by atoms with Gasteiger partial charge in [0.05, 0.1) is 11.8 Å². The number of rotatable bonds is 6. The molecule has 0 aliphatic carbocycles. The lowest BCUT2D eigenvalue weighted by molar-refractivity contribution is -0.118. The van der Waals surface area contributed by atoms with Gasteiger partial charge in [0, 0.05) is 6.92 Å². The molecule has 0 atom stereocenters. The molecule has 0 saturated heterocycles. The summed E-state index contributed by atoms with van der Waals surface area (Å²) in [5.74, 6) is 1.09. The third-order valence-electron chi connectivity index (χ3n) is 0.689. The molecule has 0 bridgehead atoms. The maximum Gasteiger partial charge on any atom is 0.217 e. The van der Waals surface area contributed by atoms with Crippen LogP contribution in [-0.2, 0) is 9.59 Å². The second-order valence-corrected chi connectivity index (χ2v) is 4.04. The van der Waals surface area contributed by atoms with Crippen molar-refractivity contribution in [2.75, 3.05) is 11.8 Å². The number of carbonyl (C=O) groups is 2. The summed E-state index contributed by atoms with van der Waals surface area (Å²) in [5.41, 5.74) is 0. The number of nitrogens with one attached hydrogen (secondary N) is 2. The lowest BCUT2D eigenvalue weighted by Crippen LogP contribution is -2.18. The van der Waals surface area contributed by atoms with Crippen molar-refractivity contribution in [2.24, 2.45) is 0 Å². The van der Waals surface area contributed by atoms with Crippen LogP contribution in [0.5, 0.6) is 0 Å². The van der Waals surface area contributed by atoms with Gasteiger partial charge in [-0.25, -0.2) is 0 Å². The minimum Gasteiger partial charge on any atom is -0.349 e. The van der Waals surface area contributed by atoms with Crippen LogP contribution in [0.3, 0.4) is 0 Å². The van der Waals surface area contributed by atoms with E-state index in [1.807, 2.05) is 13.8 Å². The SMILES string of the molecule is CC.CC(=O)NCSSCNC=O. The van der Waals surface area contributed by atoms with Crippen LogP contribution in [0.2, 0.25) is 0 Å². The monoisotopic (exact) mass is 224 g/mol. The molecular weight excluding hydrogens is 208 g/mol. The Bertz CT molecular complexity index is 134. The summed E-state index contributed by atoms with van der Waals surface area (Å²) < 4.78 is 0. The van der Waals surface area contributed by atoms with E-state index in [4.69, 9.17) is 0 Å². The van der Waals surface area contributed by atoms with Gasteiger partial charge in [0.1, 0.15) is 0 Å². The second-order valence-electron chi connectivity index (χ2n) is 1.58. The minimum absolute atomic E-state index is 0.0403. The zero-order valence-corrected chi connectivity index (χ0v) is 9.76. The van der Waals surface area contributed by atoms with Gasteiger partial charge in [-0.3, -0.25) is 9.59 Å². The van der Waals surface area contributed by atoms with Gasteiger partial charge in [-0.1, -0.05) is 35.4 Å². The second kappa shape index (κ2) is 14.2. The minimum atomic E-state index is -0.0403. The molecule has 2 N–H and O–H groups in total. The third kappa shape index (κ3) is 18.5. The van der Waals surface area contributed by atoms with E-state index in [9.17, 15) is 9.59 Å². The van der Waals surface area contributed by atoms with Crippen LogP contribution >= 0.6 is 21.6 Å². The molecule has 0 radical (unpaired) electrons. The summed E-state index contributed by atoms with van der Waals surface area (Å²) in [6.07, 6.45) is 0.645. The summed E-state index contributed by atoms with van der Waals surface area (Å²) in [6, 6.07) is 0. The summed E-state index contributed by atoms with van der Waals surface area (Å²) in [5, 5.41) is 5.09. The Balaban J connectivity index is 0. The molecular formula is C7H16N2O2S2. The Hall–Kier alpha value is -0.360. The molecule has 78 valence electrons. The first kappa shape index (κ1) is 15.1. The van der Waals surface area contributed by atoms with E-state index < -0.39 is 0 Å². The first-order valence-corrected chi connectivity index (χ1v) is 6.42. The predicted molar refractivity (Wildman–Crippen MR) is 59.3 cm³/mol. The van der Waals surface area contributed by atoms with Gasteiger partial charge < -0.3 is 10.6 Å². The van der Waals surface area contributed by atoms with Gasteiger partial charge in [0.15, 0.2) is 0 Å². The lowest BCUT2D eigenvalue weighted by Gasteiger charge is -1.99. The van der Waals surface area contributed by atoms with Gasteiger partial charge >= 0.3 is 0 Å². The van der Waals surface area contributed by atoms with E-state index in [-0.39, 0.29) is 5.91 Å². The van der Waals surface area contributed by atoms with E-state index in [0.717, 1.165) is 0 Å². The van der Waals surface area contributed by atoms with Crippen molar-refractivity contribution in [2.45, 2.75) is 20.8 Å². The Morgan fingerprint density at radius 1 is 1.31 bits per heavy atom. The molecule has 6 heteroatoms. The van der Waals surface area contributed by atoms with Gasteiger partial charge in [-0.2, -0.15) is 0 Å². The predicted octanol–water partition coefficient (Wildman–Crippen LogP) is 1.19. The average Bonchev–Trinajstić information content (AvgIpc) is 2.14. The van der Waals surface area contributed by atoms with E-state index in [0.29, 0.717) is 18.2 Å². The fraction of sp³-hybridized carbons (Fsp3) is 0.714. The highest BCUT2D eigenvalue weighted by Gasteiger charge is 1.90. The standard InChI is InChI=1S/C5H10N2O2S2.C2H6/c1-5(9)7-4-11-10-3-6-2-8;1-2/h2H,3-4H2,1H3,(H,6,8)(H,7,9);1-2H3. The molecule has 0 aliphatic rings. The van der Waals surface area contributed by atoms with Crippen molar-refractivity contribution < 1.29 is 9.59 Å². The average molecular weight is 224 g/mol. The Kier molecular flexibility index (Phi) is 16.5. The van der Waals surface area contributed by atoms with Crippen LogP contribution in [0.25, 0.3) is 0 Å². The van der Waals surface area contributed by atoms with Crippen molar-refractivity contribution in [3.8, 4) is 0 Å². The maximum atomic E-state index is 10.3. The van der Waals surface area contributed by atoms with Gasteiger partial charge in [-0.05, 0) is 0 Å². The molecule has 0 aromatic rings. The Labute approximate surface area is 87.0 Å². The van der Waals surface area contributed by atoms with Gasteiger partial charge in [-0.15, -0.1) is 0 Å². The highest BCUT2D eigenvalue weighted by Crippen LogP contribution is 2.17. The van der Waals surface area contributed by atoms with Crippen molar-refractivity contribution >= 4 is 33.9 Å². The molecule has 0 heterocycles. The quantitative estimate of drug-likeness (QED) is 0.308. The Morgan fingerprint density at radius 3 is 2.31 bits per heavy atom. The number of hydrogen-bond acceptors (Lipinski definition) is 4. The number of carbonyl (C=O) groups excluding carboxylic acids is 2. The van der Waals surface area contributed by atoms with Crippen molar-refractivity contribution in [1.29, 1.82) is 0 Å². The normalized spacial score (nSPS) is 7.92. The molecule has 0 aromatic heterocycles. The van der Waals surface area contributed by atoms with E-state index in [2.05, 4.69) is 10.6 Å². The molecule has 4 nitrogen and oxygen atoms in total. The van der Waals surface area contributed by atoms with Gasteiger partial charge in [0.2, 0.25) is 12.3 Å². The summed E-state index contributed by atoms with van der Waals surface area (Å²) in [4.78, 5) is 20.1. The van der Waals surface area contributed by atoms with Crippen LogP contribution in [0.4, 0.5) is 0 Å². The summed E-state index contributed by atoms with van der Waals surface area (Å²) in [6.45, 7) is 5.47. The molecule has 0 saturated carbocycles. The topological polar surface area (TPSA) is 58.2 Å². The molecule has 0 spiro atoms. The number of hydrogen-bond donors (Lipinski definition) is 2. The van der Waals surface area contributed by atoms with Crippen LogP contribution in [0.1, 0.15) is 20.8 Å². The third-order valence-corrected chi connectivity index (χ3v) is 2.61. The lowest BCUT2D eigenvalue weighted by atomic mass is 10.7. The smallest absolute Gasteiger partial charge is 0.217 e. The van der Waals surface area contributed by atoms with Crippen molar-refractivity contribution in [3.63, 3.8) is 0 Å². The van der Waals surface area contributed by atoms with Crippen molar-refractivity contribution in [1.82, 2.24) is 10.6 Å². The van der Waals surface area contributed by atoms with Gasteiger partial charge in [0.25, 0.3) is 0 Å². The molecule has 0 aromatic carbocycles. The summed E-state index contributed by atoms with van der Waals surface area (Å²) in [7, 11) is 2.96. The van der Waals surface area contributed by atoms with E-state index in [1.165, 1.54) is 28.5 Å². The van der Waals surface area contributed by atoms with E-state index >= 15 is 0 Å². The largest absolute Gasteiger partial charge is 0.349 e.